The Morgan fingerprint density at radius 2 is 2.22 bits per heavy atom. The molecule has 27 heavy (non-hydrogen) atoms. The van der Waals surface area contributed by atoms with Crippen molar-refractivity contribution in [2.24, 2.45) is 5.92 Å². The Hall–Kier alpha value is -2.12. The third-order valence-corrected chi connectivity index (χ3v) is 5.50. The molecule has 3 rings (SSSR count). The molecule has 2 saturated heterocycles. The Morgan fingerprint density at radius 3 is 3.00 bits per heavy atom. The first-order valence-corrected chi connectivity index (χ1v) is 9.67. The van der Waals surface area contributed by atoms with E-state index in [-0.39, 0.29) is 6.61 Å². The van der Waals surface area contributed by atoms with Gasteiger partial charge in [0.05, 0.1) is 0 Å². The second kappa shape index (κ2) is 9.19. The molecule has 2 aliphatic heterocycles. The summed E-state index contributed by atoms with van der Waals surface area (Å²) in [5, 5.41) is 11.9. The van der Waals surface area contributed by atoms with Crippen LogP contribution in [-0.2, 0) is 16.1 Å². The van der Waals surface area contributed by atoms with E-state index in [4.69, 9.17) is 9.84 Å². The number of carbonyl (C=O) groups is 2. The number of nitrogens with one attached hydrogen (secondary N) is 1. The first-order valence-electron chi connectivity index (χ1n) is 9.67. The number of fused-ring (bicyclic) bond motifs is 1. The summed E-state index contributed by atoms with van der Waals surface area (Å²) in [5.41, 5.74) is 1.12. The fourth-order valence-electron chi connectivity index (χ4n) is 4.23. The lowest BCUT2D eigenvalue weighted by atomic mass is 9.83. The zero-order valence-corrected chi connectivity index (χ0v) is 15.9. The number of carbonyl (C=O) groups excluding carboxylic acids is 1. The van der Waals surface area contributed by atoms with E-state index in [0.29, 0.717) is 30.0 Å². The number of nitrogens with zero attached hydrogens (tertiary/aromatic N) is 2. The van der Waals surface area contributed by atoms with E-state index >= 15 is 0 Å². The van der Waals surface area contributed by atoms with Crippen LogP contribution in [0.1, 0.15) is 24.8 Å². The van der Waals surface area contributed by atoms with Crippen LogP contribution in [0.15, 0.2) is 24.3 Å². The summed E-state index contributed by atoms with van der Waals surface area (Å²) in [6, 6.07) is 8.01. The summed E-state index contributed by atoms with van der Waals surface area (Å²) >= 11 is 0. The number of amides is 1. The molecule has 2 N–H and O–H groups in total. The highest BCUT2D eigenvalue weighted by molar-refractivity contribution is 5.77. The molecule has 0 bridgehead atoms. The standard InChI is InChI=1S/C20H29N3O4/c1-21-8-10-23-18-7-9-22(13-16(18)5-6-19(23)24)12-15-3-2-4-17(11-15)27-14-20(25)26/h2-4,11,16,18,21H,5-10,12-14H2,1H3,(H,25,26)/t16-,18+/m0/s1. The molecule has 7 heteroatoms. The molecule has 2 aliphatic rings. The maximum Gasteiger partial charge on any atom is 0.341 e. The average Bonchev–Trinajstić information content (AvgIpc) is 2.66. The third kappa shape index (κ3) is 5.20. The molecule has 2 fully saturated rings. The molecule has 2 atom stereocenters. The summed E-state index contributed by atoms with van der Waals surface area (Å²) in [6.07, 6.45) is 2.63. The van der Waals surface area contributed by atoms with Crippen molar-refractivity contribution in [2.75, 3.05) is 39.8 Å². The number of hydrogen-bond acceptors (Lipinski definition) is 5. The number of rotatable bonds is 8. The molecule has 1 aromatic rings. The number of hydrogen-bond donors (Lipinski definition) is 2. The normalized spacial score (nSPS) is 23.1. The lowest BCUT2D eigenvalue weighted by molar-refractivity contribution is -0.141. The molecule has 148 valence electrons. The van der Waals surface area contributed by atoms with Crippen LogP contribution in [0.2, 0.25) is 0 Å². The zero-order chi connectivity index (χ0) is 19.2. The maximum absolute atomic E-state index is 12.3. The number of aliphatic carboxylic acids is 1. The number of ether oxygens (including phenoxy) is 1. The maximum atomic E-state index is 12.3. The van der Waals surface area contributed by atoms with Crippen molar-refractivity contribution in [2.45, 2.75) is 31.8 Å². The van der Waals surface area contributed by atoms with Crippen LogP contribution < -0.4 is 10.1 Å². The monoisotopic (exact) mass is 375 g/mol. The number of likely N-dealkylation sites (N-methyl/N-ethyl adjacent to an activating group) is 1. The van der Waals surface area contributed by atoms with Crippen molar-refractivity contribution in [3.05, 3.63) is 29.8 Å². The molecule has 1 amide bonds. The van der Waals surface area contributed by atoms with Crippen LogP contribution in [0.4, 0.5) is 0 Å². The summed E-state index contributed by atoms with van der Waals surface area (Å²) < 4.78 is 5.28. The van der Waals surface area contributed by atoms with E-state index in [0.717, 1.165) is 51.1 Å². The molecule has 0 radical (unpaired) electrons. The van der Waals surface area contributed by atoms with Gasteiger partial charge < -0.3 is 20.1 Å². The zero-order valence-electron chi connectivity index (χ0n) is 15.9. The Bertz CT molecular complexity index is 666. The second-order valence-corrected chi connectivity index (χ2v) is 7.41. The molecule has 2 heterocycles. The average molecular weight is 375 g/mol. The largest absolute Gasteiger partial charge is 0.482 e. The topological polar surface area (TPSA) is 82.1 Å². The molecule has 0 unspecified atom stereocenters. The van der Waals surface area contributed by atoms with E-state index in [1.54, 1.807) is 6.07 Å². The Balaban J connectivity index is 1.57. The van der Waals surface area contributed by atoms with Crippen LogP contribution in [0, 0.1) is 5.92 Å². The van der Waals surface area contributed by atoms with Gasteiger partial charge in [-0.05, 0) is 43.5 Å². The molecular weight excluding hydrogens is 346 g/mol. The Kier molecular flexibility index (Phi) is 6.68. The number of benzene rings is 1. The Labute approximate surface area is 160 Å². The van der Waals surface area contributed by atoms with Crippen molar-refractivity contribution in [3.63, 3.8) is 0 Å². The smallest absolute Gasteiger partial charge is 0.341 e. The summed E-state index contributed by atoms with van der Waals surface area (Å²) in [4.78, 5) is 27.5. The van der Waals surface area contributed by atoms with E-state index in [1.807, 2.05) is 25.2 Å². The summed E-state index contributed by atoms with van der Waals surface area (Å²) in [7, 11) is 1.92. The predicted molar refractivity (Wildman–Crippen MR) is 102 cm³/mol. The SMILES string of the molecule is CNCCN1C(=O)CC[C@H]2CN(Cc3cccc(OCC(=O)O)c3)CC[C@H]21. The van der Waals surface area contributed by atoms with E-state index in [2.05, 4.69) is 15.1 Å². The van der Waals surface area contributed by atoms with Gasteiger partial charge in [0, 0.05) is 45.2 Å². The molecule has 0 aliphatic carbocycles. The highest BCUT2D eigenvalue weighted by Crippen LogP contribution is 2.31. The van der Waals surface area contributed by atoms with Crippen molar-refractivity contribution in [3.8, 4) is 5.75 Å². The van der Waals surface area contributed by atoms with Gasteiger partial charge in [0.15, 0.2) is 6.61 Å². The molecular formula is C20H29N3O4. The molecule has 7 nitrogen and oxygen atoms in total. The highest BCUT2D eigenvalue weighted by atomic mass is 16.5. The predicted octanol–water partition coefficient (Wildman–Crippen LogP) is 1.18. The van der Waals surface area contributed by atoms with Gasteiger partial charge in [-0.2, -0.15) is 0 Å². The van der Waals surface area contributed by atoms with Gasteiger partial charge in [-0.1, -0.05) is 12.1 Å². The number of carboxylic acid groups (broad SMARTS) is 1. The van der Waals surface area contributed by atoms with Gasteiger partial charge >= 0.3 is 5.97 Å². The minimum atomic E-state index is -0.975. The van der Waals surface area contributed by atoms with Crippen molar-refractivity contribution >= 4 is 11.9 Å². The third-order valence-electron chi connectivity index (χ3n) is 5.50. The van der Waals surface area contributed by atoms with Crippen molar-refractivity contribution in [1.82, 2.24) is 15.1 Å². The lowest BCUT2D eigenvalue weighted by Gasteiger charge is -2.47. The van der Waals surface area contributed by atoms with Crippen LogP contribution >= 0.6 is 0 Å². The van der Waals surface area contributed by atoms with Crippen LogP contribution in [-0.4, -0.2) is 72.7 Å². The molecule has 0 aromatic heterocycles. The fourth-order valence-corrected chi connectivity index (χ4v) is 4.23. The summed E-state index contributed by atoms with van der Waals surface area (Å²) in [6.45, 7) is 4.07. The van der Waals surface area contributed by atoms with Gasteiger partial charge in [0.25, 0.3) is 0 Å². The molecule has 0 saturated carbocycles. The van der Waals surface area contributed by atoms with Gasteiger partial charge in [-0.25, -0.2) is 4.79 Å². The van der Waals surface area contributed by atoms with Crippen molar-refractivity contribution in [1.29, 1.82) is 0 Å². The first kappa shape index (κ1) is 19.6. The number of carboxylic acids is 1. The summed E-state index contributed by atoms with van der Waals surface area (Å²) in [5.74, 6) is 0.436. The quantitative estimate of drug-likeness (QED) is 0.710. The number of piperidine rings is 2. The number of likely N-dealkylation sites (tertiary alicyclic amines) is 2. The van der Waals surface area contributed by atoms with Gasteiger partial charge in [-0.15, -0.1) is 0 Å². The fraction of sp³-hybridized carbons (Fsp3) is 0.600. The molecule has 1 aromatic carbocycles. The van der Waals surface area contributed by atoms with Crippen LogP contribution in [0.25, 0.3) is 0 Å². The van der Waals surface area contributed by atoms with Crippen molar-refractivity contribution < 1.29 is 19.4 Å². The lowest BCUT2D eigenvalue weighted by Crippen LogP contribution is -2.56. The second-order valence-electron chi connectivity index (χ2n) is 7.41. The van der Waals surface area contributed by atoms with Gasteiger partial charge in [-0.3, -0.25) is 9.69 Å². The minimum Gasteiger partial charge on any atom is -0.482 e. The minimum absolute atomic E-state index is 0.295. The van der Waals surface area contributed by atoms with Crippen LogP contribution in [0.3, 0.4) is 0 Å². The van der Waals surface area contributed by atoms with E-state index in [9.17, 15) is 9.59 Å². The van der Waals surface area contributed by atoms with E-state index in [1.165, 1.54) is 0 Å². The van der Waals surface area contributed by atoms with E-state index < -0.39 is 5.97 Å². The Morgan fingerprint density at radius 1 is 1.37 bits per heavy atom. The first-order chi connectivity index (χ1) is 13.1. The van der Waals surface area contributed by atoms with Gasteiger partial charge in [0.2, 0.25) is 5.91 Å². The highest BCUT2D eigenvalue weighted by Gasteiger charge is 2.38. The van der Waals surface area contributed by atoms with Crippen LogP contribution in [0.5, 0.6) is 5.75 Å². The molecule has 0 spiro atoms. The van der Waals surface area contributed by atoms with Gasteiger partial charge in [0.1, 0.15) is 5.75 Å².